The average molecular weight is 459 g/mol. The highest BCUT2D eigenvalue weighted by Crippen LogP contribution is 2.66. The van der Waals surface area contributed by atoms with Crippen molar-refractivity contribution in [3.8, 4) is 23.3 Å². The first-order valence-corrected chi connectivity index (χ1v) is 13.0. The lowest BCUT2D eigenvalue weighted by molar-refractivity contribution is -0.114. The minimum Gasteiger partial charge on any atom is -0.454 e. The predicted octanol–water partition coefficient (Wildman–Crippen LogP) is 5.85. The highest BCUT2D eigenvalue weighted by Gasteiger charge is 2.62. The number of benzene rings is 1. The lowest BCUT2D eigenvalue weighted by Gasteiger charge is -2.53. The predicted molar refractivity (Wildman–Crippen MR) is 130 cm³/mol. The number of fused-ring (bicyclic) bond motifs is 5. The maximum Gasteiger partial charge on any atom is 0.231 e. The van der Waals surface area contributed by atoms with Crippen molar-refractivity contribution in [1.29, 1.82) is 0 Å². The normalized spacial score (nSPS) is 35.7. The Bertz CT molecular complexity index is 1160. The molecular weight excluding hydrogens is 424 g/mol. The van der Waals surface area contributed by atoms with E-state index in [1.807, 2.05) is 12.1 Å². The monoisotopic (exact) mass is 458 g/mol. The van der Waals surface area contributed by atoms with E-state index in [0.29, 0.717) is 18.3 Å². The minimum absolute atomic E-state index is 0.185. The molecule has 1 aliphatic heterocycles. The van der Waals surface area contributed by atoms with Gasteiger partial charge in [0.05, 0.1) is 0 Å². The fourth-order valence-electron chi connectivity index (χ4n) is 7.63. The Morgan fingerprint density at radius 3 is 2.85 bits per heavy atom. The molecule has 0 bridgehead atoms. The molecule has 178 valence electrons. The third kappa shape index (κ3) is 3.20. The van der Waals surface area contributed by atoms with E-state index in [1.165, 1.54) is 22.3 Å². The summed E-state index contributed by atoms with van der Waals surface area (Å²) < 4.78 is 11.3. The molecule has 4 aliphatic carbocycles. The quantitative estimate of drug-likeness (QED) is 0.565. The van der Waals surface area contributed by atoms with Crippen molar-refractivity contribution in [2.75, 3.05) is 6.79 Å². The molecule has 1 aromatic rings. The summed E-state index contributed by atoms with van der Waals surface area (Å²) in [5.74, 6) is 9.55. The van der Waals surface area contributed by atoms with Crippen LogP contribution in [0.1, 0.15) is 83.1 Å². The Kier molecular flexibility index (Phi) is 5.19. The van der Waals surface area contributed by atoms with Gasteiger partial charge in [-0.15, -0.1) is 5.92 Å². The molecule has 5 atom stereocenters. The van der Waals surface area contributed by atoms with Gasteiger partial charge in [-0.1, -0.05) is 31.4 Å². The number of aliphatic hydroxyl groups is 1. The first-order valence-electron chi connectivity index (χ1n) is 13.0. The van der Waals surface area contributed by atoms with Gasteiger partial charge >= 0.3 is 0 Å². The Hall–Kier alpha value is -2.51. The SMILES string of the molecule is CCCC#C[C@@]1(O)CC[C@H]2[C@@H]3CCC4=CC(=O)CCC4=C3[C@@H](c3ccc4c(c3)OCO4)C[C@@]21C. The largest absolute Gasteiger partial charge is 0.454 e. The molecule has 0 radical (unpaired) electrons. The molecule has 1 aromatic carbocycles. The van der Waals surface area contributed by atoms with Crippen molar-refractivity contribution in [3.05, 3.63) is 46.6 Å². The summed E-state index contributed by atoms with van der Waals surface area (Å²) in [4.78, 5) is 12.2. The van der Waals surface area contributed by atoms with Crippen molar-refractivity contribution in [2.45, 2.75) is 83.2 Å². The number of hydrogen-bond acceptors (Lipinski definition) is 4. The van der Waals surface area contributed by atoms with Gasteiger partial charge in [0.25, 0.3) is 0 Å². The van der Waals surface area contributed by atoms with Crippen molar-refractivity contribution in [2.24, 2.45) is 17.3 Å². The minimum atomic E-state index is -0.948. The number of ketones is 1. The zero-order valence-electron chi connectivity index (χ0n) is 20.3. The van der Waals surface area contributed by atoms with Crippen LogP contribution in [0, 0.1) is 29.1 Å². The zero-order chi connectivity index (χ0) is 23.5. The summed E-state index contributed by atoms with van der Waals surface area (Å²) >= 11 is 0. The molecule has 5 aliphatic rings. The third-order valence-electron chi connectivity index (χ3n) is 9.36. The zero-order valence-corrected chi connectivity index (χ0v) is 20.3. The van der Waals surface area contributed by atoms with E-state index in [1.54, 1.807) is 0 Å². The molecule has 1 N–H and O–H groups in total. The molecular formula is C30H34O4. The van der Waals surface area contributed by atoms with Gasteiger partial charge in [0.2, 0.25) is 6.79 Å². The second kappa shape index (κ2) is 8.02. The number of carbonyl (C=O) groups excluding carboxylic acids is 1. The van der Waals surface area contributed by atoms with Gasteiger partial charge in [-0.25, -0.2) is 0 Å². The first kappa shape index (κ1) is 22.0. The summed E-state index contributed by atoms with van der Waals surface area (Å²) in [6, 6.07) is 6.34. The fraction of sp³-hybridized carbons (Fsp3) is 0.567. The second-order valence-corrected chi connectivity index (χ2v) is 11.1. The summed E-state index contributed by atoms with van der Waals surface area (Å²) in [7, 11) is 0. The van der Waals surface area contributed by atoms with Crippen molar-refractivity contribution in [1.82, 2.24) is 0 Å². The highest BCUT2D eigenvalue weighted by atomic mass is 16.7. The number of rotatable bonds is 2. The Balaban J connectivity index is 1.50. The lowest BCUT2D eigenvalue weighted by atomic mass is 9.51. The van der Waals surface area contributed by atoms with E-state index >= 15 is 0 Å². The smallest absolute Gasteiger partial charge is 0.231 e. The van der Waals surface area contributed by atoms with Crippen LogP contribution in [0.25, 0.3) is 0 Å². The van der Waals surface area contributed by atoms with Crippen LogP contribution in [-0.2, 0) is 4.79 Å². The van der Waals surface area contributed by atoms with Crippen molar-refractivity contribution >= 4 is 5.78 Å². The molecule has 6 rings (SSSR count). The lowest BCUT2D eigenvalue weighted by Crippen LogP contribution is -2.51. The molecule has 34 heavy (non-hydrogen) atoms. The molecule has 1 heterocycles. The van der Waals surface area contributed by atoms with Gasteiger partial charge in [0.15, 0.2) is 17.3 Å². The van der Waals surface area contributed by atoms with Crippen LogP contribution < -0.4 is 9.47 Å². The van der Waals surface area contributed by atoms with Gasteiger partial charge in [-0.3, -0.25) is 4.79 Å². The Morgan fingerprint density at radius 2 is 2.00 bits per heavy atom. The van der Waals surface area contributed by atoms with E-state index in [0.717, 1.165) is 62.9 Å². The number of unbranched alkanes of at least 4 members (excludes halogenated alkanes) is 1. The fourth-order valence-corrected chi connectivity index (χ4v) is 7.63. The standard InChI is InChI=1S/C30H34O4/c1-3-4-5-13-30(32)14-12-25-23-9-6-19-15-21(31)8-10-22(19)28(23)24(17-29(25,30)2)20-7-11-26-27(16-20)34-18-33-26/h7,11,15-16,23-25,32H,3-4,6,8-10,12,14,17-18H2,1-2H3/t23-,24+,25-,29-,30+/m0/s1. The van der Waals surface area contributed by atoms with E-state index < -0.39 is 5.60 Å². The number of allylic oxidation sites excluding steroid dienone is 4. The highest BCUT2D eigenvalue weighted by molar-refractivity contribution is 5.93. The number of hydrogen-bond donors (Lipinski definition) is 1. The third-order valence-corrected chi connectivity index (χ3v) is 9.36. The maximum atomic E-state index is 12.2. The summed E-state index contributed by atoms with van der Waals surface area (Å²) in [6.07, 6.45) is 9.86. The van der Waals surface area contributed by atoms with Crippen LogP contribution in [0.15, 0.2) is 41.0 Å². The van der Waals surface area contributed by atoms with Gasteiger partial charge in [0, 0.05) is 24.2 Å². The maximum absolute atomic E-state index is 12.2. The van der Waals surface area contributed by atoms with Crippen LogP contribution in [0.3, 0.4) is 0 Å². The van der Waals surface area contributed by atoms with E-state index in [-0.39, 0.29) is 23.9 Å². The number of carbonyl (C=O) groups is 1. The molecule has 4 nitrogen and oxygen atoms in total. The molecule has 4 heteroatoms. The molecule has 0 spiro atoms. The molecule has 2 fully saturated rings. The summed E-state index contributed by atoms with van der Waals surface area (Å²) in [6.45, 7) is 4.69. The summed E-state index contributed by atoms with van der Waals surface area (Å²) in [5.41, 5.74) is 4.22. The van der Waals surface area contributed by atoms with Gasteiger partial charge in [-0.05, 0) is 91.7 Å². The molecule has 0 aromatic heterocycles. The van der Waals surface area contributed by atoms with Crippen molar-refractivity contribution < 1.29 is 19.4 Å². The van der Waals surface area contributed by atoms with Crippen LogP contribution in [0.4, 0.5) is 0 Å². The van der Waals surface area contributed by atoms with E-state index in [4.69, 9.17) is 9.47 Å². The van der Waals surface area contributed by atoms with Crippen LogP contribution >= 0.6 is 0 Å². The second-order valence-electron chi connectivity index (χ2n) is 11.1. The van der Waals surface area contributed by atoms with Crippen molar-refractivity contribution in [3.63, 3.8) is 0 Å². The topological polar surface area (TPSA) is 55.8 Å². The van der Waals surface area contributed by atoms with Crippen LogP contribution in [-0.4, -0.2) is 23.3 Å². The molecule has 0 unspecified atom stereocenters. The van der Waals surface area contributed by atoms with E-state index in [9.17, 15) is 9.90 Å². The first-order chi connectivity index (χ1) is 16.4. The summed E-state index contributed by atoms with van der Waals surface area (Å²) in [5, 5.41) is 12.0. The van der Waals surface area contributed by atoms with Gasteiger partial charge in [0.1, 0.15) is 5.60 Å². The van der Waals surface area contributed by atoms with Crippen LogP contribution in [0.2, 0.25) is 0 Å². The Labute approximate surface area is 202 Å². The Morgan fingerprint density at radius 1 is 1.15 bits per heavy atom. The van der Waals surface area contributed by atoms with Crippen LogP contribution in [0.5, 0.6) is 11.5 Å². The van der Waals surface area contributed by atoms with E-state index in [2.05, 4.69) is 37.8 Å². The number of ether oxygens (including phenoxy) is 2. The molecule has 2 saturated carbocycles. The van der Waals surface area contributed by atoms with Gasteiger partial charge < -0.3 is 14.6 Å². The van der Waals surface area contributed by atoms with Gasteiger partial charge in [-0.2, -0.15) is 0 Å². The molecule has 0 saturated heterocycles. The average Bonchev–Trinajstić information content (AvgIpc) is 3.40. The molecule has 0 amide bonds.